The lowest BCUT2D eigenvalue weighted by molar-refractivity contribution is -0.142. The van der Waals surface area contributed by atoms with Crippen molar-refractivity contribution in [2.45, 2.75) is 223 Å². The lowest BCUT2D eigenvalue weighted by atomic mass is 10.0. The number of carbonyl (C=O) groups excluding carboxylic acids is 11. The van der Waals surface area contributed by atoms with Crippen LogP contribution in [0.3, 0.4) is 0 Å². The fourth-order valence-electron chi connectivity index (χ4n) is 9.44. The molecule has 9 atom stereocenters. The van der Waals surface area contributed by atoms with Gasteiger partial charge >= 0.3 is 5.97 Å². The van der Waals surface area contributed by atoms with Crippen LogP contribution in [0.5, 0.6) is 5.75 Å². The molecule has 19 N–H and O–H groups in total. The highest BCUT2D eigenvalue weighted by Crippen LogP contribution is 2.15. The molecule has 2 aromatic carbocycles. The third-order valence-electron chi connectivity index (χ3n) is 14.9. The van der Waals surface area contributed by atoms with Crippen molar-refractivity contribution in [2.75, 3.05) is 26.2 Å². The van der Waals surface area contributed by atoms with Gasteiger partial charge in [-0.1, -0.05) is 114 Å². The highest BCUT2D eigenvalue weighted by Gasteiger charge is 2.35. The van der Waals surface area contributed by atoms with Crippen LogP contribution in [0.25, 0.3) is 0 Å². The maximum Gasteiger partial charge on any atom is 0.326 e. The first kappa shape index (κ1) is 78.9. The van der Waals surface area contributed by atoms with E-state index in [9.17, 15) is 72.9 Å². The third-order valence-corrected chi connectivity index (χ3v) is 14.9. The number of benzene rings is 2. The quantitative estimate of drug-likeness (QED) is 0.0388. The molecular formula is C63H101N13O15. The number of phenolic OH excluding ortho intramolecular Hbond substituents is 1. The number of nitrogens with one attached hydrogen (secondary N) is 10. The van der Waals surface area contributed by atoms with Gasteiger partial charge in [0, 0.05) is 25.7 Å². The summed E-state index contributed by atoms with van der Waals surface area (Å²) < 4.78 is 0. The Morgan fingerprint density at radius 3 is 1.32 bits per heavy atom. The highest BCUT2D eigenvalue weighted by atomic mass is 16.4. The first-order valence-corrected chi connectivity index (χ1v) is 31.8. The number of aliphatic hydroxyl groups excluding tert-OH is 1. The Morgan fingerprint density at radius 2 is 0.813 bits per heavy atom. The lowest BCUT2D eigenvalue weighted by Crippen LogP contribution is -2.61. The molecule has 0 aliphatic carbocycles. The molecule has 2 aromatic rings. The summed E-state index contributed by atoms with van der Waals surface area (Å²) in [6, 6.07) is 1.14. The van der Waals surface area contributed by atoms with Crippen molar-refractivity contribution in [3.63, 3.8) is 0 Å². The van der Waals surface area contributed by atoms with Crippen LogP contribution in [-0.2, 0) is 70.4 Å². The molecule has 0 bridgehead atoms. The molecule has 0 unspecified atom stereocenters. The number of aliphatic hydroxyl groups is 1. The van der Waals surface area contributed by atoms with Crippen LogP contribution < -0.4 is 70.4 Å². The van der Waals surface area contributed by atoms with Gasteiger partial charge in [-0.3, -0.25) is 52.7 Å². The second kappa shape index (κ2) is 45.1. The van der Waals surface area contributed by atoms with Crippen molar-refractivity contribution in [2.24, 2.45) is 17.2 Å². The molecule has 0 aliphatic rings. The van der Waals surface area contributed by atoms with Crippen LogP contribution in [0.4, 0.5) is 0 Å². The number of rotatable bonds is 48. The number of primary amides is 1. The summed E-state index contributed by atoms with van der Waals surface area (Å²) in [5.41, 5.74) is 17.6. The normalized spacial score (nSPS) is 14.0. The number of phenols is 1. The second-order valence-corrected chi connectivity index (χ2v) is 22.8. The standard InChI is InChI=1S/C63H101N13O15/c1-5-6-7-8-9-10-11-12-13-14-18-27-53(80)67-38-54(81)68-40(2)56(83)71-47(32-33-52(66)79)59(86)75-50(36-43-23-16-15-17-24-43)61(88)76-51(39-77)62(89)72-46(25-19-21-34-64)58(85)74-49(37-44-28-30-45(78)31-29-44)60(87)70-41(3)55(82)69-42(4)57(84)73-48(63(90)91)26-20-22-35-65/h15-17,23-24,28-31,40-42,46-51,77-78H,5-14,18-22,25-27,32-39,64-65H2,1-4H3,(H2,66,79)(H,67,80)(H,68,81)(H,69,82)(H,70,87)(H,71,83)(H,72,89)(H,73,84)(H,74,85)(H,75,86)(H,76,88)(H,90,91)/t40-,41-,42-,46-,47-,48-,49-,50-,51-/m0/s1. The maximum absolute atomic E-state index is 14.3. The van der Waals surface area contributed by atoms with Crippen molar-refractivity contribution in [1.29, 1.82) is 0 Å². The second-order valence-electron chi connectivity index (χ2n) is 22.8. The van der Waals surface area contributed by atoms with Crippen LogP contribution in [-0.4, -0.2) is 167 Å². The minimum atomic E-state index is -1.78. The molecule has 28 heteroatoms. The highest BCUT2D eigenvalue weighted by molar-refractivity contribution is 5.98. The molecule has 28 nitrogen and oxygen atoms in total. The van der Waals surface area contributed by atoms with Crippen molar-refractivity contribution in [3.8, 4) is 5.75 Å². The Hall–Kier alpha value is -8.24. The van der Waals surface area contributed by atoms with E-state index in [1.165, 1.54) is 83.6 Å². The Balaban J connectivity index is 2.25. The van der Waals surface area contributed by atoms with Gasteiger partial charge in [0.2, 0.25) is 65.0 Å². The summed E-state index contributed by atoms with van der Waals surface area (Å²) >= 11 is 0. The van der Waals surface area contributed by atoms with E-state index in [0.29, 0.717) is 43.4 Å². The smallest absolute Gasteiger partial charge is 0.326 e. The molecule has 0 fully saturated rings. The predicted octanol–water partition coefficient (Wildman–Crippen LogP) is 0.0180. The third kappa shape index (κ3) is 33.4. The zero-order chi connectivity index (χ0) is 67.7. The minimum Gasteiger partial charge on any atom is -0.508 e. The molecule has 0 radical (unpaired) electrons. The SMILES string of the molecule is CCCCCCCCCCCCCC(=O)NCC(=O)N[C@@H](C)C(=O)N[C@@H](CCC(N)=O)C(=O)N[C@@H](Cc1ccccc1)C(=O)N[C@@H](CO)C(=O)N[C@@H](CCCCN)C(=O)N[C@@H](Cc1ccc(O)cc1)C(=O)N[C@@H](C)C(=O)N[C@@H](C)C(=O)N[C@@H](CCCCN)C(=O)O. The molecule has 0 aliphatic heterocycles. The van der Waals surface area contributed by atoms with E-state index in [1.807, 2.05) is 0 Å². The van der Waals surface area contributed by atoms with E-state index >= 15 is 0 Å². The average molecular weight is 1280 g/mol. The van der Waals surface area contributed by atoms with E-state index in [1.54, 1.807) is 30.3 Å². The summed E-state index contributed by atoms with van der Waals surface area (Å²) in [7, 11) is 0. The first-order valence-electron chi connectivity index (χ1n) is 31.8. The van der Waals surface area contributed by atoms with Crippen LogP contribution >= 0.6 is 0 Å². The van der Waals surface area contributed by atoms with Gasteiger partial charge in [-0.15, -0.1) is 0 Å². The number of carbonyl (C=O) groups is 12. The van der Waals surface area contributed by atoms with Gasteiger partial charge in [0.25, 0.3) is 0 Å². The average Bonchev–Trinajstić information content (AvgIpc) is 2.31. The van der Waals surface area contributed by atoms with E-state index in [0.717, 1.165) is 25.7 Å². The number of hydrogen-bond donors (Lipinski definition) is 16. The molecule has 508 valence electrons. The number of unbranched alkanes of at least 4 members (excludes halogenated alkanes) is 12. The van der Waals surface area contributed by atoms with E-state index in [-0.39, 0.29) is 63.1 Å². The van der Waals surface area contributed by atoms with E-state index < -0.39 is 139 Å². The van der Waals surface area contributed by atoms with Crippen LogP contribution in [0.1, 0.15) is 167 Å². The van der Waals surface area contributed by atoms with Gasteiger partial charge in [-0.2, -0.15) is 0 Å². The molecule has 91 heavy (non-hydrogen) atoms. The van der Waals surface area contributed by atoms with Gasteiger partial charge in [0.05, 0.1) is 13.2 Å². The summed E-state index contributed by atoms with van der Waals surface area (Å²) in [5, 5.41) is 55.1. The molecule has 0 spiro atoms. The molecule has 0 saturated heterocycles. The van der Waals surface area contributed by atoms with Crippen LogP contribution in [0.2, 0.25) is 0 Å². The Morgan fingerprint density at radius 1 is 0.418 bits per heavy atom. The maximum atomic E-state index is 14.3. The Kier molecular flexibility index (Phi) is 39.1. The molecule has 2 rings (SSSR count). The Bertz CT molecular complexity index is 2620. The van der Waals surface area contributed by atoms with Gasteiger partial charge in [0.1, 0.15) is 60.1 Å². The fraction of sp³-hybridized carbons (Fsp3) is 0.619. The monoisotopic (exact) mass is 1280 g/mol. The van der Waals surface area contributed by atoms with Gasteiger partial charge in [-0.05, 0) is 108 Å². The number of aromatic hydroxyl groups is 1. The van der Waals surface area contributed by atoms with Gasteiger partial charge < -0.3 is 85.7 Å². The largest absolute Gasteiger partial charge is 0.508 e. The van der Waals surface area contributed by atoms with Gasteiger partial charge in [0.15, 0.2) is 0 Å². The van der Waals surface area contributed by atoms with Crippen molar-refractivity contribution in [1.82, 2.24) is 53.2 Å². The summed E-state index contributed by atoms with van der Waals surface area (Å²) in [6.45, 7) is 5.21. The van der Waals surface area contributed by atoms with Crippen molar-refractivity contribution >= 4 is 70.9 Å². The molecule has 11 amide bonds. The zero-order valence-electron chi connectivity index (χ0n) is 53.2. The van der Waals surface area contributed by atoms with Crippen LogP contribution in [0, 0.1) is 0 Å². The summed E-state index contributed by atoms with van der Waals surface area (Å²) in [6.07, 6.45) is 12.9. The molecule has 0 heterocycles. The Labute approximate surface area is 533 Å². The van der Waals surface area contributed by atoms with Crippen LogP contribution in [0.15, 0.2) is 54.6 Å². The molecule has 0 saturated carbocycles. The number of hydrogen-bond acceptors (Lipinski definition) is 16. The van der Waals surface area contributed by atoms with E-state index in [4.69, 9.17) is 17.2 Å². The summed E-state index contributed by atoms with van der Waals surface area (Å²) in [4.78, 5) is 160. The predicted molar refractivity (Wildman–Crippen MR) is 339 cm³/mol. The number of carboxylic acid groups (broad SMARTS) is 1. The number of aliphatic carboxylic acids is 1. The topological polar surface area (TPSA) is 464 Å². The number of carboxylic acids is 1. The first-order chi connectivity index (χ1) is 43.4. The van der Waals surface area contributed by atoms with E-state index in [2.05, 4.69) is 60.1 Å². The van der Waals surface area contributed by atoms with Crippen molar-refractivity contribution < 1.29 is 72.9 Å². The minimum absolute atomic E-state index is 0.0770. The number of nitrogens with two attached hydrogens (primary N) is 3. The fourth-order valence-corrected chi connectivity index (χ4v) is 9.44. The summed E-state index contributed by atoms with van der Waals surface area (Å²) in [5.74, 6) is -10.6. The zero-order valence-corrected chi connectivity index (χ0v) is 53.2. The molecular weight excluding hydrogens is 1180 g/mol. The molecule has 0 aromatic heterocycles. The lowest BCUT2D eigenvalue weighted by Gasteiger charge is -2.27. The van der Waals surface area contributed by atoms with Crippen molar-refractivity contribution in [3.05, 3.63) is 65.7 Å². The number of amides is 11. The van der Waals surface area contributed by atoms with Gasteiger partial charge in [-0.25, -0.2) is 4.79 Å².